The standard InChI is InChI=1S/C21H15ClFNS/c1-13-19(12-24)20(25-2)11-18(14-3-7-16(22)8-4-14)21(13)15-5-9-17(23)10-6-15/h3-11H,1-2H3. The average molecular weight is 368 g/mol. The minimum atomic E-state index is -0.282. The number of rotatable bonds is 3. The predicted octanol–water partition coefficient (Wildman–Crippen LogP) is 6.72. The molecule has 0 radical (unpaired) electrons. The number of hydrogen-bond acceptors (Lipinski definition) is 2. The average Bonchev–Trinajstić information content (AvgIpc) is 2.62. The molecule has 0 aliphatic heterocycles. The van der Waals surface area contributed by atoms with Gasteiger partial charge in [-0.05, 0) is 71.3 Å². The van der Waals surface area contributed by atoms with Crippen molar-refractivity contribution in [2.24, 2.45) is 0 Å². The second kappa shape index (κ2) is 7.31. The van der Waals surface area contributed by atoms with Crippen LogP contribution in [0.4, 0.5) is 4.39 Å². The summed E-state index contributed by atoms with van der Waals surface area (Å²) in [7, 11) is 0. The van der Waals surface area contributed by atoms with E-state index in [4.69, 9.17) is 11.6 Å². The molecule has 3 aromatic carbocycles. The number of benzene rings is 3. The molecule has 0 saturated heterocycles. The maximum absolute atomic E-state index is 13.4. The van der Waals surface area contributed by atoms with Crippen LogP contribution in [0.15, 0.2) is 59.5 Å². The SMILES string of the molecule is CSc1cc(-c2ccc(Cl)cc2)c(-c2ccc(F)cc2)c(C)c1C#N. The van der Waals surface area contributed by atoms with E-state index < -0.39 is 0 Å². The molecular formula is C21H15ClFNS. The van der Waals surface area contributed by atoms with Crippen molar-refractivity contribution >= 4 is 23.4 Å². The lowest BCUT2D eigenvalue weighted by molar-refractivity contribution is 0.628. The van der Waals surface area contributed by atoms with E-state index in [-0.39, 0.29) is 5.82 Å². The fraction of sp³-hybridized carbons (Fsp3) is 0.0952. The first-order valence-electron chi connectivity index (χ1n) is 7.68. The normalized spacial score (nSPS) is 10.5. The van der Waals surface area contributed by atoms with Gasteiger partial charge in [-0.2, -0.15) is 5.26 Å². The van der Waals surface area contributed by atoms with Gasteiger partial charge in [0.15, 0.2) is 0 Å². The summed E-state index contributed by atoms with van der Waals surface area (Å²) in [5.74, 6) is -0.282. The van der Waals surface area contributed by atoms with Crippen molar-refractivity contribution in [2.75, 3.05) is 6.26 Å². The second-order valence-electron chi connectivity index (χ2n) is 5.63. The molecule has 0 saturated carbocycles. The van der Waals surface area contributed by atoms with E-state index in [2.05, 4.69) is 6.07 Å². The van der Waals surface area contributed by atoms with Gasteiger partial charge in [-0.3, -0.25) is 0 Å². The molecule has 1 nitrogen and oxygen atoms in total. The smallest absolute Gasteiger partial charge is 0.123 e. The summed E-state index contributed by atoms with van der Waals surface area (Å²) in [6, 6.07) is 18.3. The molecule has 0 N–H and O–H groups in total. The van der Waals surface area contributed by atoms with Crippen LogP contribution in [0.1, 0.15) is 11.1 Å². The molecule has 0 atom stereocenters. The van der Waals surface area contributed by atoms with E-state index in [9.17, 15) is 9.65 Å². The number of nitriles is 1. The maximum atomic E-state index is 13.4. The highest BCUT2D eigenvalue weighted by atomic mass is 35.5. The van der Waals surface area contributed by atoms with E-state index in [1.165, 1.54) is 12.1 Å². The lowest BCUT2D eigenvalue weighted by Crippen LogP contribution is -1.96. The summed E-state index contributed by atoms with van der Waals surface area (Å²) in [5.41, 5.74) is 5.39. The van der Waals surface area contributed by atoms with Gasteiger partial charge in [-0.1, -0.05) is 35.9 Å². The van der Waals surface area contributed by atoms with E-state index in [1.807, 2.05) is 43.5 Å². The van der Waals surface area contributed by atoms with Gasteiger partial charge in [-0.15, -0.1) is 11.8 Å². The number of halogens is 2. The molecule has 0 unspecified atom stereocenters. The minimum absolute atomic E-state index is 0.282. The van der Waals surface area contributed by atoms with Gasteiger partial charge in [-0.25, -0.2) is 4.39 Å². The van der Waals surface area contributed by atoms with Crippen molar-refractivity contribution < 1.29 is 4.39 Å². The molecular weight excluding hydrogens is 353 g/mol. The van der Waals surface area contributed by atoms with Crippen molar-refractivity contribution in [3.8, 4) is 28.3 Å². The first-order chi connectivity index (χ1) is 12.0. The highest BCUT2D eigenvalue weighted by Crippen LogP contribution is 2.40. The summed E-state index contributed by atoms with van der Waals surface area (Å²) >= 11 is 7.57. The molecule has 0 aliphatic rings. The Bertz CT molecular complexity index is 957. The van der Waals surface area contributed by atoms with Crippen LogP contribution in [0.5, 0.6) is 0 Å². The van der Waals surface area contributed by atoms with Crippen LogP contribution < -0.4 is 0 Å². The van der Waals surface area contributed by atoms with Crippen LogP contribution in [-0.2, 0) is 0 Å². The van der Waals surface area contributed by atoms with Crippen LogP contribution >= 0.6 is 23.4 Å². The molecule has 25 heavy (non-hydrogen) atoms. The van der Waals surface area contributed by atoms with Crippen molar-refractivity contribution in [2.45, 2.75) is 11.8 Å². The van der Waals surface area contributed by atoms with Crippen LogP contribution in [0, 0.1) is 24.1 Å². The Labute approximate surface area is 156 Å². The van der Waals surface area contributed by atoms with Crippen molar-refractivity contribution in [1.29, 1.82) is 5.26 Å². The third-order valence-corrected chi connectivity index (χ3v) is 5.17. The number of hydrogen-bond donors (Lipinski definition) is 0. The molecule has 124 valence electrons. The third-order valence-electron chi connectivity index (χ3n) is 4.16. The zero-order chi connectivity index (χ0) is 18.0. The maximum Gasteiger partial charge on any atom is 0.123 e. The largest absolute Gasteiger partial charge is 0.207 e. The van der Waals surface area contributed by atoms with Crippen molar-refractivity contribution in [3.05, 3.63) is 76.6 Å². The summed E-state index contributed by atoms with van der Waals surface area (Å²) in [6.07, 6.45) is 1.96. The van der Waals surface area contributed by atoms with Crippen molar-refractivity contribution in [1.82, 2.24) is 0 Å². The molecule has 0 aromatic heterocycles. The van der Waals surface area contributed by atoms with Gasteiger partial charge in [0.1, 0.15) is 11.9 Å². The van der Waals surface area contributed by atoms with E-state index >= 15 is 0 Å². The Hall–Kier alpha value is -2.28. The second-order valence-corrected chi connectivity index (χ2v) is 6.91. The van der Waals surface area contributed by atoms with Gasteiger partial charge in [0.2, 0.25) is 0 Å². The number of thioether (sulfide) groups is 1. The summed E-state index contributed by atoms with van der Waals surface area (Å²) in [4.78, 5) is 0.927. The minimum Gasteiger partial charge on any atom is -0.207 e. The van der Waals surface area contributed by atoms with Gasteiger partial charge in [0.05, 0.1) is 5.56 Å². The Morgan fingerprint density at radius 3 is 2.16 bits per heavy atom. The first kappa shape index (κ1) is 17.5. The van der Waals surface area contributed by atoms with Gasteiger partial charge < -0.3 is 0 Å². The molecule has 0 fully saturated rings. The predicted molar refractivity (Wildman–Crippen MR) is 104 cm³/mol. The van der Waals surface area contributed by atoms with E-state index in [0.717, 1.165) is 32.7 Å². The molecule has 4 heteroatoms. The topological polar surface area (TPSA) is 23.8 Å². The summed E-state index contributed by atoms with van der Waals surface area (Å²) < 4.78 is 13.4. The Kier molecular flexibility index (Phi) is 5.13. The fourth-order valence-electron chi connectivity index (χ4n) is 2.93. The highest BCUT2D eigenvalue weighted by Gasteiger charge is 2.17. The zero-order valence-electron chi connectivity index (χ0n) is 13.8. The molecule has 3 rings (SSSR count). The lowest BCUT2D eigenvalue weighted by Gasteiger charge is -2.17. The Morgan fingerprint density at radius 2 is 1.60 bits per heavy atom. The molecule has 0 bridgehead atoms. The van der Waals surface area contributed by atoms with E-state index in [1.54, 1.807) is 23.9 Å². The Morgan fingerprint density at radius 1 is 1.00 bits per heavy atom. The quantitative estimate of drug-likeness (QED) is 0.480. The van der Waals surface area contributed by atoms with Crippen LogP contribution in [0.25, 0.3) is 22.3 Å². The van der Waals surface area contributed by atoms with Crippen LogP contribution in [0.2, 0.25) is 5.02 Å². The molecule has 0 heterocycles. The van der Waals surface area contributed by atoms with Crippen LogP contribution in [-0.4, -0.2) is 6.26 Å². The van der Waals surface area contributed by atoms with Gasteiger partial charge in [0, 0.05) is 9.92 Å². The molecule has 0 amide bonds. The van der Waals surface area contributed by atoms with E-state index in [0.29, 0.717) is 10.6 Å². The molecule has 0 spiro atoms. The monoisotopic (exact) mass is 367 g/mol. The van der Waals surface area contributed by atoms with Gasteiger partial charge in [0.25, 0.3) is 0 Å². The fourth-order valence-corrected chi connectivity index (χ4v) is 3.70. The molecule has 3 aromatic rings. The molecule has 0 aliphatic carbocycles. The summed E-state index contributed by atoms with van der Waals surface area (Å²) in [5, 5.41) is 10.3. The number of nitrogens with zero attached hydrogens (tertiary/aromatic N) is 1. The van der Waals surface area contributed by atoms with Crippen molar-refractivity contribution in [3.63, 3.8) is 0 Å². The highest BCUT2D eigenvalue weighted by molar-refractivity contribution is 7.98. The summed E-state index contributed by atoms with van der Waals surface area (Å²) in [6.45, 7) is 1.94. The van der Waals surface area contributed by atoms with Gasteiger partial charge >= 0.3 is 0 Å². The first-order valence-corrected chi connectivity index (χ1v) is 9.29. The van der Waals surface area contributed by atoms with Crippen LogP contribution in [0.3, 0.4) is 0 Å². The third kappa shape index (κ3) is 3.42. The lowest BCUT2D eigenvalue weighted by atomic mass is 9.88. The zero-order valence-corrected chi connectivity index (χ0v) is 15.4. The Balaban J connectivity index is 2.35.